The third-order valence-electron chi connectivity index (χ3n) is 0.766. The summed E-state index contributed by atoms with van der Waals surface area (Å²) >= 11 is 0. The molecule has 0 aromatic carbocycles. The SMILES string of the molecule is CCNN(C)S(C)=O. The van der Waals surface area contributed by atoms with E-state index in [1.807, 2.05) is 6.92 Å². The van der Waals surface area contributed by atoms with Crippen molar-refractivity contribution in [2.45, 2.75) is 6.92 Å². The molecule has 0 aliphatic rings. The number of nitrogens with one attached hydrogen (secondary N) is 1. The Hall–Kier alpha value is 0.0700. The second-order valence-corrected chi connectivity index (χ2v) is 2.83. The Labute approximate surface area is 52.6 Å². The number of rotatable bonds is 3. The fourth-order valence-corrected chi connectivity index (χ4v) is 0.624. The van der Waals surface area contributed by atoms with Crippen molar-refractivity contribution in [2.24, 2.45) is 0 Å². The Balaban J connectivity index is 3.32. The molecule has 0 saturated carbocycles. The van der Waals surface area contributed by atoms with E-state index in [9.17, 15) is 4.21 Å². The van der Waals surface area contributed by atoms with Gasteiger partial charge in [0.25, 0.3) is 0 Å². The van der Waals surface area contributed by atoms with Crippen molar-refractivity contribution >= 4 is 11.0 Å². The predicted molar refractivity (Wildman–Crippen MR) is 35.5 cm³/mol. The van der Waals surface area contributed by atoms with Gasteiger partial charge in [0.2, 0.25) is 0 Å². The van der Waals surface area contributed by atoms with Gasteiger partial charge in [0, 0.05) is 19.8 Å². The summed E-state index contributed by atoms with van der Waals surface area (Å²) in [5.41, 5.74) is 2.88. The van der Waals surface area contributed by atoms with Gasteiger partial charge in [-0.05, 0) is 0 Å². The lowest BCUT2D eigenvalue weighted by Gasteiger charge is -2.11. The molecule has 8 heavy (non-hydrogen) atoms. The number of hydrazine groups is 1. The molecule has 0 heterocycles. The van der Waals surface area contributed by atoms with E-state index in [4.69, 9.17) is 0 Å². The summed E-state index contributed by atoms with van der Waals surface area (Å²) in [6.07, 6.45) is 1.63. The van der Waals surface area contributed by atoms with Crippen LogP contribution in [0.25, 0.3) is 0 Å². The lowest BCUT2D eigenvalue weighted by Crippen LogP contribution is -2.34. The Bertz CT molecular complexity index is 86.1. The first-order valence-electron chi connectivity index (χ1n) is 2.49. The molecule has 50 valence electrons. The summed E-state index contributed by atoms with van der Waals surface area (Å²) in [5, 5.41) is 0. The first-order valence-corrected chi connectivity index (χ1v) is 4.00. The second kappa shape index (κ2) is 4.00. The normalized spacial score (nSPS) is 14.5. The first-order chi connectivity index (χ1) is 3.68. The molecule has 0 radical (unpaired) electrons. The van der Waals surface area contributed by atoms with Crippen LogP contribution < -0.4 is 5.43 Å². The van der Waals surface area contributed by atoms with Crippen LogP contribution >= 0.6 is 0 Å². The third-order valence-corrected chi connectivity index (χ3v) is 1.67. The van der Waals surface area contributed by atoms with Gasteiger partial charge in [-0.2, -0.15) is 4.41 Å². The molecule has 0 aliphatic carbocycles. The molecule has 1 atom stereocenters. The molecule has 0 rings (SSSR count). The summed E-state index contributed by atoms with van der Waals surface area (Å²) in [4.78, 5) is 0. The topological polar surface area (TPSA) is 32.3 Å². The molecule has 0 bridgehead atoms. The largest absolute Gasteiger partial charge is 0.244 e. The van der Waals surface area contributed by atoms with E-state index in [2.05, 4.69) is 5.43 Å². The molecule has 0 saturated heterocycles. The van der Waals surface area contributed by atoms with Crippen LogP contribution in [0.3, 0.4) is 0 Å². The summed E-state index contributed by atoms with van der Waals surface area (Å²) < 4.78 is 12.1. The molecule has 0 aromatic heterocycles. The molecule has 0 spiro atoms. The Morgan fingerprint density at radius 1 is 1.75 bits per heavy atom. The van der Waals surface area contributed by atoms with Gasteiger partial charge in [0.05, 0.1) is 0 Å². The second-order valence-electron chi connectivity index (χ2n) is 1.43. The van der Waals surface area contributed by atoms with Gasteiger partial charge >= 0.3 is 0 Å². The quantitative estimate of drug-likeness (QED) is 0.542. The maximum atomic E-state index is 10.5. The van der Waals surface area contributed by atoms with Gasteiger partial charge < -0.3 is 0 Å². The average Bonchev–Trinajstić information content (AvgIpc) is 1.67. The Kier molecular flexibility index (Phi) is 4.03. The van der Waals surface area contributed by atoms with Gasteiger partial charge in [-0.1, -0.05) is 6.92 Å². The summed E-state index contributed by atoms with van der Waals surface area (Å²) in [6, 6.07) is 0. The van der Waals surface area contributed by atoms with E-state index in [1.165, 1.54) is 0 Å². The van der Waals surface area contributed by atoms with Crippen LogP contribution in [0.1, 0.15) is 6.92 Å². The molecular formula is C4H12N2OS. The molecule has 3 nitrogen and oxygen atoms in total. The molecule has 0 aromatic rings. The smallest absolute Gasteiger partial charge is 0.105 e. The van der Waals surface area contributed by atoms with E-state index in [-0.39, 0.29) is 0 Å². The standard InChI is InChI=1S/C4H12N2OS/c1-4-5-6(2)8(3)7/h5H,4H2,1-3H3. The summed E-state index contributed by atoms with van der Waals surface area (Å²) in [6.45, 7) is 2.78. The minimum absolute atomic E-state index is 0.816. The molecule has 0 aliphatic heterocycles. The minimum Gasteiger partial charge on any atom is -0.244 e. The summed E-state index contributed by atoms with van der Waals surface area (Å²) in [7, 11) is 0.862. The fourth-order valence-electron chi connectivity index (χ4n) is 0.314. The minimum atomic E-state index is -0.888. The highest BCUT2D eigenvalue weighted by Crippen LogP contribution is 1.76. The fraction of sp³-hybridized carbons (Fsp3) is 1.00. The zero-order valence-corrected chi connectivity index (χ0v) is 6.29. The molecular weight excluding hydrogens is 124 g/mol. The van der Waals surface area contributed by atoms with Gasteiger partial charge in [-0.3, -0.25) is 0 Å². The Morgan fingerprint density at radius 2 is 2.25 bits per heavy atom. The van der Waals surface area contributed by atoms with Crippen LogP contribution in [-0.2, 0) is 11.0 Å². The van der Waals surface area contributed by atoms with Crippen molar-refractivity contribution in [1.29, 1.82) is 0 Å². The molecule has 4 heteroatoms. The van der Waals surface area contributed by atoms with Gasteiger partial charge in [-0.25, -0.2) is 9.63 Å². The van der Waals surface area contributed by atoms with Gasteiger partial charge in [0.15, 0.2) is 0 Å². The highest BCUT2D eigenvalue weighted by molar-refractivity contribution is 7.81. The lowest BCUT2D eigenvalue weighted by molar-refractivity contribution is 0.408. The maximum absolute atomic E-state index is 10.5. The first kappa shape index (κ1) is 8.07. The van der Waals surface area contributed by atoms with Crippen molar-refractivity contribution in [1.82, 2.24) is 9.84 Å². The molecule has 1 unspecified atom stereocenters. The van der Waals surface area contributed by atoms with Gasteiger partial charge in [-0.15, -0.1) is 0 Å². The molecule has 0 amide bonds. The lowest BCUT2D eigenvalue weighted by atomic mass is 10.8. The van der Waals surface area contributed by atoms with Crippen LogP contribution in [-0.4, -0.2) is 28.5 Å². The molecule has 1 N–H and O–H groups in total. The number of hydrogen-bond acceptors (Lipinski definition) is 2. The third kappa shape index (κ3) is 3.12. The maximum Gasteiger partial charge on any atom is 0.105 e. The monoisotopic (exact) mass is 136 g/mol. The van der Waals surface area contributed by atoms with Crippen molar-refractivity contribution < 1.29 is 4.21 Å². The van der Waals surface area contributed by atoms with Crippen LogP contribution in [0, 0.1) is 0 Å². The van der Waals surface area contributed by atoms with Crippen LogP contribution in [0.2, 0.25) is 0 Å². The van der Waals surface area contributed by atoms with E-state index in [0.717, 1.165) is 6.54 Å². The summed E-state index contributed by atoms with van der Waals surface area (Å²) in [5.74, 6) is 0. The van der Waals surface area contributed by atoms with Crippen molar-refractivity contribution in [3.8, 4) is 0 Å². The van der Waals surface area contributed by atoms with E-state index >= 15 is 0 Å². The van der Waals surface area contributed by atoms with E-state index in [0.29, 0.717) is 0 Å². The highest BCUT2D eigenvalue weighted by atomic mass is 32.2. The number of nitrogens with zero attached hydrogens (tertiary/aromatic N) is 1. The molecule has 0 fully saturated rings. The van der Waals surface area contributed by atoms with E-state index < -0.39 is 11.0 Å². The average molecular weight is 136 g/mol. The zero-order valence-electron chi connectivity index (χ0n) is 5.47. The highest BCUT2D eigenvalue weighted by Gasteiger charge is 1.95. The Morgan fingerprint density at radius 3 is 2.38 bits per heavy atom. The van der Waals surface area contributed by atoms with Gasteiger partial charge in [0.1, 0.15) is 11.0 Å². The van der Waals surface area contributed by atoms with Crippen LogP contribution in [0.15, 0.2) is 0 Å². The van der Waals surface area contributed by atoms with Crippen molar-refractivity contribution in [3.63, 3.8) is 0 Å². The predicted octanol–water partition coefficient (Wildman–Crippen LogP) is -0.264. The van der Waals surface area contributed by atoms with Crippen molar-refractivity contribution in [3.05, 3.63) is 0 Å². The van der Waals surface area contributed by atoms with Crippen molar-refractivity contribution in [2.75, 3.05) is 19.8 Å². The van der Waals surface area contributed by atoms with Crippen LogP contribution in [0.5, 0.6) is 0 Å². The zero-order chi connectivity index (χ0) is 6.57. The van der Waals surface area contributed by atoms with E-state index in [1.54, 1.807) is 17.7 Å². The number of hydrogen-bond donors (Lipinski definition) is 1. The van der Waals surface area contributed by atoms with Crippen LogP contribution in [0.4, 0.5) is 0 Å².